The van der Waals surface area contributed by atoms with Crippen molar-refractivity contribution in [2.45, 2.75) is 84.1 Å². The quantitative estimate of drug-likeness (QED) is 0.437. The van der Waals surface area contributed by atoms with Gasteiger partial charge in [0.05, 0.1) is 25.1 Å². The van der Waals surface area contributed by atoms with E-state index in [4.69, 9.17) is 14.2 Å². The summed E-state index contributed by atoms with van der Waals surface area (Å²) in [6, 6.07) is -1.22. The van der Waals surface area contributed by atoms with E-state index in [0.29, 0.717) is 0 Å². The van der Waals surface area contributed by atoms with Gasteiger partial charge in [0.1, 0.15) is 28.1 Å². The van der Waals surface area contributed by atoms with Crippen LogP contribution in [0.25, 0.3) is 11.0 Å². The molecule has 0 bridgehead atoms. The number of likely N-dealkylation sites (tertiary alicyclic amines) is 1. The lowest BCUT2D eigenvalue weighted by Gasteiger charge is -2.29. The molecule has 2 aromatic rings. The summed E-state index contributed by atoms with van der Waals surface area (Å²) in [6.07, 6.45) is -0.931. The van der Waals surface area contributed by atoms with Crippen LogP contribution in [0.1, 0.15) is 71.0 Å². The molecule has 2 aliphatic rings. The number of benzene rings is 1. The molecule has 0 spiro atoms. The fraction of sp³-hybridized carbons (Fsp3) is 0.630. The molecule has 1 fully saturated rings. The van der Waals surface area contributed by atoms with E-state index in [1.165, 1.54) is 16.9 Å². The van der Waals surface area contributed by atoms with E-state index in [9.17, 15) is 14.4 Å². The normalized spacial score (nSPS) is 19.8. The van der Waals surface area contributed by atoms with Gasteiger partial charge in [-0.1, -0.05) is 0 Å². The summed E-state index contributed by atoms with van der Waals surface area (Å²) >= 11 is 0. The van der Waals surface area contributed by atoms with Gasteiger partial charge in [0.15, 0.2) is 11.6 Å². The number of imidazole rings is 1. The maximum absolute atomic E-state index is 15.6. The highest BCUT2D eigenvalue weighted by molar-refractivity contribution is 5.82. The van der Waals surface area contributed by atoms with E-state index in [0.717, 1.165) is 0 Å². The van der Waals surface area contributed by atoms with Gasteiger partial charge in [0, 0.05) is 13.6 Å². The number of methoxy groups -OCH3 is 1. The summed E-state index contributed by atoms with van der Waals surface area (Å²) in [5.74, 6) is -2.42. The lowest BCUT2D eigenvalue weighted by Crippen LogP contribution is -2.43. The molecule has 214 valence electrons. The molecule has 12 heteroatoms. The van der Waals surface area contributed by atoms with Gasteiger partial charge < -0.3 is 24.1 Å². The van der Waals surface area contributed by atoms with E-state index in [2.05, 4.69) is 9.97 Å². The second-order valence-electron chi connectivity index (χ2n) is 12.2. The van der Waals surface area contributed by atoms with Crippen molar-refractivity contribution in [2.24, 2.45) is 5.92 Å². The molecule has 1 aromatic carbocycles. The molecule has 3 atom stereocenters. The number of halogens is 2. The summed E-state index contributed by atoms with van der Waals surface area (Å²) in [5.41, 5.74) is -1.63. The number of carbonyl (C=O) groups excluding carboxylic acids is 3. The fourth-order valence-corrected chi connectivity index (χ4v) is 5.11. The Morgan fingerprint density at radius 2 is 1.59 bits per heavy atom. The van der Waals surface area contributed by atoms with Crippen LogP contribution in [-0.4, -0.2) is 75.9 Å². The van der Waals surface area contributed by atoms with Gasteiger partial charge in [-0.05, 0) is 71.9 Å². The Bertz CT molecular complexity index is 1260. The molecular formula is C27H36F2N4O6. The number of rotatable bonds is 3. The van der Waals surface area contributed by atoms with E-state index >= 15 is 8.78 Å². The van der Waals surface area contributed by atoms with Crippen LogP contribution >= 0.6 is 0 Å². The maximum Gasteiger partial charge on any atom is 0.410 e. The first-order chi connectivity index (χ1) is 18.0. The fourth-order valence-electron chi connectivity index (χ4n) is 5.11. The summed E-state index contributed by atoms with van der Waals surface area (Å²) in [7, 11) is 2.82. The topological polar surface area (TPSA) is 114 Å². The number of carbonyl (C=O) groups is 3. The van der Waals surface area contributed by atoms with Crippen LogP contribution in [0, 0.1) is 17.6 Å². The molecule has 1 unspecified atom stereocenters. The largest absolute Gasteiger partial charge is 0.469 e. The first-order valence-electron chi connectivity index (χ1n) is 12.9. The van der Waals surface area contributed by atoms with Gasteiger partial charge in [-0.2, -0.15) is 0 Å². The third-order valence-electron chi connectivity index (χ3n) is 6.93. The predicted octanol–water partition coefficient (Wildman–Crippen LogP) is 4.65. The first kappa shape index (κ1) is 28.6. The number of ether oxygens (including phenoxy) is 3. The number of hydrogen-bond donors (Lipinski definition) is 1. The highest BCUT2D eigenvalue weighted by Gasteiger charge is 2.44. The zero-order valence-electron chi connectivity index (χ0n) is 23.6. The third-order valence-corrected chi connectivity index (χ3v) is 6.93. The molecule has 1 aromatic heterocycles. The molecule has 1 aliphatic carbocycles. The van der Waals surface area contributed by atoms with Crippen molar-refractivity contribution in [3.8, 4) is 0 Å². The number of hydrogen-bond acceptors (Lipinski definition) is 7. The van der Waals surface area contributed by atoms with Crippen LogP contribution in [0.4, 0.5) is 18.4 Å². The molecule has 10 nitrogen and oxygen atoms in total. The van der Waals surface area contributed by atoms with Crippen LogP contribution in [0.5, 0.6) is 0 Å². The second-order valence-corrected chi connectivity index (χ2v) is 12.2. The number of nitrogens with zero attached hydrogens (tertiary/aromatic N) is 3. The average Bonchev–Trinajstić information content (AvgIpc) is 3.55. The standard InChI is InChI=1S/C27H36F2N4O6/c1-26(2,3)38-24(35)32(7)14-11-17(33(12-14)25(36)39-27(4,5)6)22-30-20-18(28)15-9-13(23(34)37-8)10-16(15)19(29)21(20)31-22/h13-14,17H,9-12H2,1-8H3,(H,30,31)/t14-,17+/m1/s1. The predicted molar refractivity (Wildman–Crippen MR) is 137 cm³/mol. The number of aromatic nitrogens is 2. The second kappa shape index (κ2) is 9.95. The molecule has 1 N–H and O–H groups in total. The molecule has 1 saturated heterocycles. The minimum absolute atomic E-state index is 0.0130. The summed E-state index contributed by atoms with van der Waals surface area (Å²) in [5, 5.41) is 0. The van der Waals surface area contributed by atoms with Gasteiger partial charge in [-0.15, -0.1) is 0 Å². The Balaban J connectivity index is 1.70. The van der Waals surface area contributed by atoms with Gasteiger partial charge >= 0.3 is 18.2 Å². The SMILES string of the molecule is COC(=O)C1Cc2c(c(F)c3[nH]c([C@@H]4C[C@@H](N(C)C(=O)OC(C)(C)C)CN4C(=O)OC(C)(C)C)nc3c2F)C1. The number of nitrogens with one attached hydrogen (secondary N) is 1. The van der Waals surface area contributed by atoms with Crippen LogP contribution in [0.2, 0.25) is 0 Å². The summed E-state index contributed by atoms with van der Waals surface area (Å²) in [6.45, 7) is 10.6. The Labute approximate surface area is 226 Å². The highest BCUT2D eigenvalue weighted by atomic mass is 19.1. The number of H-pyrrole nitrogens is 1. The van der Waals surface area contributed by atoms with Gasteiger partial charge in [0.25, 0.3) is 0 Å². The molecule has 4 rings (SSSR count). The van der Waals surface area contributed by atoms with Crippen molar-refractivity contribution in [2.75, 3.05) is 20.7 Å². The lowest BCUT2D eigenvalue weighted by molar-refractivity contribution is -0.145. The molecule has 2 amide bonds. The Hall–Kier alpha value is -3.44. The Morgan fingerprint density at radius 3 is 2.15 bits per heavy atom. The third kappa shape index (κ3) is 5.65. The molecule has 0 radical (unpaired) electrons. The Kier molecular flexibility index (Phi) is 7.28. The zero-order valence-corrected chi connectivity index (χ0v) is 23.6. The Morgan fingerprint density at radius 1 is 1.00 bits per heavy atom. The molecular weight excluding hydrogens is 514 g/mol. The van der Waals surface area contributed by atoms with E-state index in [-0.39, 0.29) is 53.8 Å². The number of likely N-dealkylation sites (N-methyl/N-ethyl adjacent to an activating group) is 1. The number of esters is 1. The van der Waals surface area contributed by atoms with E-state index in [1.807, 2.05) is 0 Å². The minimum atomic E-state index is -0.792. The smallest absolute Gasteiger partial charge is 0.410 e. The number of fused-ring (bicyclic) bond motifs is 2. The molecule has 0 saturated carbocycles. The maximum atomic E-state index is 15.6. The van der Waals surface area contributed by atoms with Crippen molar-refractivity contribution >= 4 is 29.2 Å². The molecule has 39 heavy (non-hydrogen) atoms. The van der Waals surface area contributed by atoms with Gasteiger partial charge in [0.2, 0.25) is 0 Å². The van der Waals surface area contributed by atoms with Crippen molar-refractivity contribution in [1.29, 1.82) is 0 Å². The lowest BCUT2D eigenvalue weighted by atomic mass is 10.1. The van der Waals surface area contributed by atoms with Crippen molar-refractivity contribution in [3.63, 3.8) is 0 Å². The zero-order chi connectivity index (χ0) is 29.0. The summed E-state index contributed by atoms with van der Waals surface area (Å²) in [4.78, 5) is 48.0. The van der Waals surface area contributed by atoms with Crippen LogP contribution in [0.15, 0.2) is 0 Å². The number of amides is 2. The van der Waals surface area contributed by atoms with E-state index in [1.54, 1.807) is 48.6 Å². The molecule has 1 aliphatic heterocycles. The van der Waals surface area contributed by atoms with Crippen molar-refractivity contribution in [3.05, 3.63) is 28.6 Å². The monoisotopic (exact) mass is 550 g/mol. The molecule has 2 heterocycles. The van der Waals surface area contributed by atoms with Crippen molar-refractivity contribution in [1.82, 2.24) is 19.8 Å². The summed E-state index contributed by atoms with van der Waals surface area (Å²) < 4.78 is 47.0. The van der Waals surface area contributed by atoms with Gasteiger partial charge in [-0.3, -0.25) is 9.69 Å². The van der Waals surface area contributed by atoms with Crippen molar-refractivity contribution < 1.29 is 37.4 Å². The van der Waals surface area contributed by atoms with Crippen LogP contribution in [0.3, 0.4) is 0 Å². The minimum Gasteiger partial charge on any atom is -0.469 e. The van der Waals surface area contributed by atoms with Crippen LogP contribution < -0.4 is 0 Å². The van der Waals surface area contributed by atoms with Crippen LogP contribution in [-0.2, 0) is 31.8 Å². The number of aromatic amines is 1. The highest BCUT2D eigenvalue weighted by Crippen LogP contribution is 2.39. The van der Waals surface area contributed by atoms with E-state index < -0.39 is 59.0 Å². The first-order valence-corrected chi connectivity index (χ1v) is 12.9. The van der Waals surface area contributed by atoms with Gasteiger partial charge in [-0.25, -0.2) is 23.4 Å². The average molecular weight is 551 g/mol.